The number of aromatic nitrogens is 3. The van der Waals surface area contributed by atoms with Gasteiger partial charge in [-0.25, -0.2) is 9.97 Å². The molecule has 0 saturated carbocycles. The van der Waals surface area contributed by atoms with Crippen LogP contribution in [-0.4, -0.2) is 25.9 Å². The molecule has 0 aliphatic carbocycles. The highest BCUT2D eigenvalue weighted by molar-refractivity contribution is 6.32. The van der Waals surface area contributed by atoms with Gasteiger partial charge in [-0.05, 0) is 12.8 Å². The van der Waals surface area contributed by atoms with Crippen LogP contribution in [0.2, 0.25) is 5.15 Å². The number of hydrogen-bond acceptors (Lipinski definition) is 4. The first-order valence-electron chi connectivity index (χ1n) is 5.38. The highest BCUT2D eigenvalue weighted by Gasteiger charge is 2.29. The van der Waals surface area contributed by atoms with Gasteiger partial charge in [0, 0.05) is 18.9 Å². The van der Waals surface area contributed by atoms with Crippen LogP contribution < -0.4 is 0 Å². The Morgan fingerprint density at radius 1 is 1.47 bits per heavy atom. The Kier molecular flexibility index (Phi) is 2.44. The average Bonchev–Trinajstić information content (AvgIpc) is 2.94. The zero-order valence-corrected chi connectivity index (χ0v) is 9.71. The third kappa shape index (κ3) is 1.56. The molecule has 3 rings (SSSR count). The summed E-state index contributed by atoms with van der Waals surface area (Å²) in [6.45, 7) is 0.682. The van der Waals surface area contributed by atoms with Crippen LogP contribution in [0.4, 0.5) is 0 Å². The topological polar surface area (TPSA) is 62.9 Å². The number of fused-ring (bicyclic) bond motifs is 1. The molecule has 2 aromatic heterocycles. The van der Waals surface area contributed by atoms with E-state index in [2.05, 4.69) is 15.3 Å². The molecule has 0 aromatic carbocycles. The van der Waals surface area contributed by atoms with Crippen LogP contribution in [0.15, 0.2) is 23.9 Å². The summed E-state index contributed by atoms with van der Waals surface area (Å²) in [4.78, 5) is 19.0. The van der Waals surface area contributed by atoms with E-state index < -0.39 is 0 Å². The van der Waals surface area contributed by atoms with Gasteiger partial charge in [0.05, 0.1) is 11.5 Å². The second-order valence-electron chi connectivity index (χ2n) is 3.99. The number of nitrogens with zero attached hydrogens (tertiary/aromatic N) is 5. The molecule has 1 fully saturated rings. The van der Waals surface area contributed by atoms with Crippen molar-refractivity contribution in [3.63, 3.8) is 0 Å². The van der Waals surface area contributed by atoms with Crippen molar-refractivity contribution in [1.82, 2.24) is 19.4 Å². The van der Waals surface area contributed by atoms with E-state index in [-0.39, 0.29) is 6.04 Å². The molecule has 0 bridgehead atoms. The largest absolute Gasteiger partial charge is 0.298 e. The molecule has 2 aromatic rings. The van der Waals surface area contributed by atoms with E-state index in [1.807, 2.05) is 4.40 Å². The quantitative estimate of drug-likeness (QED) is 0.768. The molecule has 0 N–H and O–H groups in total. The molecule has 0 unspecified atom stereocenters. The molecule has 0 radical (unpaired) electrons. The fourth-order valence-electron chi connectivity index (χ4n) is 2.27. The van der Waals surface area contributed by atoms with Gasteiger partial charge in [0.25, 0.3) is 0 Å². The van der Waals surface area contributed by atoms with Crippen molar-refractivity contribution >= 4 is 17.1 Å². The maximum atomic E-state index is 10.7. The molecule has 1 aliphatic rings. The van der Waals surface area contributed by atoms with Crippen LogP contribution in [0.1, 0.15) is 24.7 Å². The van der Waals surface area contributed by atoms with E-state index in [9.17, 15) is 4.91 Å². The Bertz CT molecular complexity index is 569. The minimum absolute atomic E-state index is 0.0616. The summed E-state index contributed by atoms with van der Waals surface area (Å²) in [5.74, 6) is 0.793. The predicted octanol–water partition coefficient (Wildman–Crippen LogP) is 2.20. The first-order chi connectivity index (χ1) is 8.31. The molecule has 1 atom stereocenters. The van der Waals surface area contributed by atoms with Gasteiger partial charge in [-0.1, -0.05) is 11.6 Å². The lowest BCUT2D eigenvalue weighted by Crippen LogP contribution is -2.18. The van der Waals surface area contributed by atoms with E-state index in [0.717, 1.165) is 24.2 Å². The lowest BCUT2D eigenvalue weighted by molar-refractivity contribution is 0.256. The average molecular weight is 252 g/mol. The minimum Gasteiger partial charge on any atom is -0.298 e. The second-order valence-corrected chi connectivity index (χ2v) is 4.35. The maximum Gasteiger partial charge on any atom is 0.154 e. The highest BCUT2D eigenvalue weighted by Crippen LogP contribution is 2.32. The second kappa shape index (κ2) is 3.96. The van der Waals surface area contributed by atoms with E-state index >= 15 is 0 Å². The van der Waals surface area contributed by atoms with Crippen molar-refractivity contribution in [2.75, 3.05) is 6.54 Å². The van der Waals surface area contributed by atoms with Gasteiger partial charge < -0.3 is 0 Å². The van der Waals surface area contributed by atoms with Crippen molar-refractivity contribution in [2.45, 2.75) is 18.9 Å². The summed E-state index contributed by atoms with van der Waals surface area (Å²) >= 11 is 5.98. The molecule has 88 valence electrons. The van der Waals surface area contributed by atoms with E-state index in [1.165, 1.54) is 5.01 Å². The van der Waals surface area contributed by atoms with Crippen LogP contribution in [-0.2, 0) is 0 Å². The van der Waals surface area contributed by atoms with Crippen LogP contribution in [0.3, 0.4) is 0 Å². The molecule has 0 spiro atoms. The van der Waals surface area contributed by atoms with Crippen molar-refractivity contribution in [2.24, 2.45) is 5.29 Å². The summed E-state index contributed by atoms with van der Waals surface area (Å²) in [6, 6.07) is -0.0616. The van der Waals surface area contributed by atoms with Gasteiger partial charge in [-0.3, -0.25) is 9.41 Å². The Morgan fingerprint density at radius 3 is 3.18 bits per heavy atom. The van der Waals surface area contributed by atoms with Crippen molar-refractivity contribution < 1.29 is 0 Å². The van der Waals surface area contributed by atoms with Gasteiger partial charge in [0.2, 0.25) is 0 Å². The Balaban J connectivity index is 2.12. The molecule has 7 heteroatoms. The van der Waals surface area contributed by atoms with E-state index in [4.69, 9.17) is 11.6 Å². The summed E-state index contributed by atoms with van der Waals surface area (Å²) in [6.07, 6.45) is 6.92. The first kappa shape index (κ1) is 10.5. The summed E-state index contributed by atoms with van der Waals surface area (Å²) in [5, 5.41) is 4.98. The Morgan fingerprint density at radius 2 is 2.35 bits per heavy atom. The molecule has 6 nitrogen and oxygen atoms in total. The van der Waals surface area contributed by atoms with Crippen LogP contribution in [0, 0.1) is 4.91 Å². The Labute approximate surface area is 102 Å². The molecule has 3 heterocycles. The molecule has 1 aliphatic heterocycles. The zero-order valence-electron chi connectivity index (χ0n) is 8.95. The summed E-state index contributed by atoms with van der Waals surface area (Å²) in [7, 11) is 0. The summed E-state index contributed by atoms with van der Waals surface area (Å²) in [5.41, 5.74) is 0.752. The fourth-order valence-corrected chi connectivity index (χ4v) is 2.47. The smallest absolute Gasteiger partial charge is 0.154 e. The molecular weight excluding hydrogens is 242 g/mol. The molecule has 0 amide bonds. The zero-order chi connectivity index (χ0) is 11.8. The molecule has 17 heavy (non-hydrogen) atoms. The monoisotopic (exact) mass is 251 g/mol. The number of halogens is 1. The van der Waals surface area contributed by atoms with Crippen molar-refractivity contribution in [3.05, 3.63) is 34.5 Å². The summed E-state index contributed by atoms with van der Waals surface area (Å²) < 4.78 is 1.86. The first-order valence-corrected chi connectivity index (χ1v) is 5.76. The maximum absolute atomic E-state index is 10.7. The molecule has 1 saturated heterocycles. The van der Waals surface area contributed by atoms with E-state index in [0.29, 0.717) is 11.7 Å². The fraction of sp³-hybridized carbons (Fsp3) is 0.400. The predicted molar refractivity (Wildman–Crippen MR) is 62.5 cm³/mol. The standard InChI is InChI=1S/C10H10ClN5O/c11-9-8-6-13-10(15(8)5-3-12-9)7-2-1-4-16(7)14-17/h3,5-7H,1-2,4H2/t7-/m0/s1. The SMILES string of the molecule is O=NN1CCC[C@H]1c1ncc2c(Cl)nccn12. The van der Waals surface area contributed by atoms with Gasteiger partial charge in [0.15, 0.2) is 5.15 Å². The number of imidazole rings is 1. The van der Waals surface area contributed by atoms with E-state index in [1.54, 1.807) is 18.6 Å². The van der Waals surface area contributed by atoms with Crippen LogP contribution in [0.5, 0.6) is 0 Å². The van der Waals surface area contributed by atoms with Crippen molar-refractivity contribution in [3.8, 4) is 0 Å². The van der Waals surface area contributed by atoms with Gasteiger partial charge >= 0.3 is 0 Å². The number of nitroso groups, excluding NO2 is 1. The third-order valence-electron chi connectivity index (χ3n) is 3.07. The van der Waals surface area contributed by atoms with Crippen LogP contribution >= 0.6 is 11.6 Å². The lowest BCUT2D eigenvalue weighted by atomic mass is 10.2. The lowest BCUT2D eigenvalue weighted by Gasteiger charge is -2.16. The number of rotatable bonds is 2. The van der Waals surface area contributed by atoms with Gasteiger partial charge in [-0.2, -0.15) is 0 Å². The third-order valence-corrected chi connectivity index (χ3v) is 3.36. The van der Waals surface area contributed by atoms with Crippen molar-refractivity contribution in [1.29, 1.82) is 0 Å². The minimum atomic E-state index is -0.0616. The normalized spacial score (nSPS) is 20.1. The molecular formula is C10H10ClN5O. The van der Waals surface area contributed by atoms with Crippen LogP contribution in [0.25, 0.3) is 5.52 Å². The highest BCUT2D eigenvalue weighted by atomic mass is 35.5. The van der Waals surface area contributed by atoms with Gasteiger partial charge in [-0.15, -0.1) is 4.91 Å². The number of hydrogen-bond donors (Lipinski definition) is 0. The Hall–Kier alpha value is -1.69. The van der Waals surface area contributed by atoms with Gasteiger partial charge in [0.1, 0.15) is 17.4 Å².